The monoisotopic (exact) mass is 528 g/mol. The van der Waals surface area contributed by atoms with Crippen LogP contribution in [-0.2, 0) is 25.5 Å². The number of aliphatic hydroxyl groups is 4. The molecule has 2 aliphatic heterocycles. The van der Waals surface area contributed by atoms with Gasteiger partial charge in [-0.3, -0.25) is 0 Å². The first-order chi connectivity index (χ1) is 18.4. The lowest BCUT2D eigenvalue weighted by Gasteiger charge is -2.44. The van der Waals surface area contributed by atoms with Crippen molar-refractivity contribution >= 4 is 16.9 Å². The highest BCUT2D eigenvalue weighted by Crippen LogP contribution is 2.42. The molecule has 3 heterocycles. The average Bonchev–Trinajstić information content (AvgIpc) is 3.33. The van der Waals surface area contributed by atoms with Crippen molar-refractivity contribution in [2.45, 2.75) is 62.2 Å². The number of carbonyl (C=O) groups excluding carboxylic acids is 1. The Morgan fingerprint density at radius 3 is 2.76 bits per heavy atom. The van der Waals surface area contributed by atoms with Gasteiger partial charge in [0.05, 0.1) is 19.8 Å². The highest BCUT2D eigenvalue weighted by Gasteiger charge is 2.47. The van der Waals surface area contributed by atoms with Crippen LogP contribution in [0.5, 0.6) is 0 Å². The van der Waals surface area contributed by atoms with E-state index in [1.54, 1.807) is 12.2 Å². The lowest BCUT2D eigenvalue weighted by molar-refractivity contribution is -0.314. The van der Waals surface area contributed by atoms with Gasteiger partial charge in [0.1, 0.15) is 24.4 Å². The minimum absolute atomic E-state index is 0.0392. The number of aromatic nitrogens is 1. The molecule has 0 saturated carbocycles. The lowest BCUT2D eigenvalue weighted by atomic mass is 9.73. The fraction of sp³-hybridized carbons (Fsp3) is 0.536. The maximum absolute atomic E-state index is 12.8. The summed E-state index contributed by atoms with van der Waals surface area (Å²) in [6, 6.07) is 10.4. The maximum atomic E-state index is 12.8. The van der Waals surface area contributed by atoms with Crippen molar-refractivity contribution in [2.24, 2.45) is 11.8 Å². The van der Waals surface area contributed by atoms with E-state index in [4.69, 9.17) is 14.2 Å². The molecule has 206 valence electrons. The molecule has 5 rings (SSSR count). The summed E-state index contributed by atoms with van der Waals surface area (Å²) in [6.07, 6.45) is -2.98. The molecule has 1 aromatic heterocycles. The third-order valence-electron chi connectivity index (χ3n) is 8.13. The van der Waals surface area contributed by atoms with Crippen LogP contribution < -0.4 is 5.32 Å². The third kappa shape index (κ3) is 4.82. The van der Waals surface area contributed by atoms with Crippen molar-refractivity contribution in [1.82, 2.24) is 9.88 Å². The normalized spacial score (nSPS) is 35.4. The maximum Gasteiger partial charge on any atom is 0.333 e. The van der Waals surface area contributed by atoms with E-state index in [0.717, 1.165) is 24.2 Å². The molecule has 2 aromatic rings. The van der Waals surface area contributed by atoms with Crippen LogP contribution in [0.15, 0.2) is 54.6 Å². The van der Waals surface area contributed by atoms with Crippen LogP contribution in [0.2, 0.25) is 0 Å². The third-order valence-corrected chi connectivity index (χ3v) is 8.13. The highest BCUT2D eigenvalue weighted by atomic mass is 16.7. The van der Waals surface area contributed by atoms with Crippen LogP contribution in [0.1, 0.15) is 24.6 Å². The second-order valence-corrected chi connectivity index (χ2v) is 10.2. The van der Waals surface area contributed by atoms with Crippen molar-refractivity contribution in [3.63, 3.8) is 0 Å². The van der Waals surface area contributed by atoms with E-state index >= 15 is 0 Å². The van der Waals surface area contributed by atoms with Crippen LogP contribution in [0.4, 0.5) is 0 Å². The van der Waals surface area contributed by atoms with Crippen LogP contribution in [0.25, 0.3) is 10.9 Å². The van der Waals surface area contributed by atoms with Gasteiger partial charge in [0.15, 0.2) is 6.29 Å². The van der Waals surface area contributed by atoms with Crippen molar-refractivity contribution in [3.05, 3.63) is 60.3 Å². The smallest absolute Gasteiger partial charge is 0.333 e. The quantitative estimate of drug-likeness (QED) is 0.260. The molecule has 0 bridgehead atoms. The first-order valence-corrected chi connectivity index (χ1v) is 13.1. The molecule has 9 atom stereocenters. The zero-order chi connectivity index (χ0) is 27.0. The van der Waals surface area contributed by atoms with Gasteiger partial charge in [-0.15, -0.1) is 6.58 Å². The fourth-order valence-electron chi connectivity index (χ4n) is 6.15. The summed E-state index contributed by atoms with van der Waals surface area (Å²) in [5, 5.41) is 45.2. The molecule has 1 fully saturated rings. The van der Waals surface area contributed by atoms with Gasteiger partial charge < -0.3 is 44.5 Å². The van der Waals surface area contributed by atoms with Crippen molar-refractivity contribution < 1.29 is 39.4 Å². The standard InChI is InChI=1S/C28H36N2O8/c1-3-16-18(13-19-21-12-15-6-4-5-7-20(15)30(21)11-10-29-19)17(27(35)36-2)8-9-22(16)37-28-26(34)25(33)24(32)23(14-31)38-28/h3-8,12,16,18-19,22-26,28-29,31-34H,1,9-11,13-14H2,2H3/t16-,18+,19+,22-,23-,24-,25+,26-,28?/m1/s1. The van der Waals surface area contributed by atoms with Crippen LogP contribution in [0.3, 0.4) is 0 Å². The Balaban J connectivity index is 1.43. The Bertz CT molecular complexity index is 1190. The second-order valence-electron chi connectivity index (χ2n) is 10.2. The van der Waals surface area contributed by atoms with E-state index in [0.29, 0.717) is 18.4 Å². The number of rotatable bonds is 7. The molecule has 5 N–H and O–H groups in total. The van der Waals surface area contributed by atoms with Gasteiger partial charge in [0.2, 0.25) is 0 Å². The van der Waals surface area contributed by atoms with Gasteiger partial charge in [-0.2, -0.15) is 0 Å². The van der Waals surface area contributed by atoms with E-state index in [1.165, 1.54) is 12.6 Å². The number of nitrogens with zero attached hydrogens (tertiary/aromatic N) is 1. The zero-order valence-corrected chi connectivity index (χ0v) is 21.3. The van der Waals surface area contributed by atoms with Crippen LogP contribution in [-0.4, -0.2) is 88.0 Å². The highest BCUT2D eigenvalue weighted by molar-refractivity contribution is 5.89. The number of hydrogen-bond acceptors (Lipinski definition) is 9. The van der Waals surface area contributed by atoms with Crippen molar-refractivity contribution in [2.75, 3.05) is 20.3 Å². The molecule has 3 aliphatic rings. The number of esters is 1. The molecule has 0 amide bonds. The Hall–Kier alpha value is -2.57. The van der Waals surface area contributed by atoms with E-state index < -0.39 is 49.4 Å². The summed E-state index contributed by atoms with van der Waals surface area (Å²) in [5.41, 5.74) is 2.85. The number of ether oxygens (including phenoxy) is 3. The molecule has 0 spiro atoms. The van der Waals surface area contributed by atoms with Crippen molar-refractivity contribution in [3.8, 4) is 0 Å². The number of benzene rings is 1. The Kier molecular flexibility index (Phi) is 8.01. The predicted molar refractivity (Wildman–Crippen MR) is 138 cm³/mol. The first kappa shape index (κ1) is 27.0. The first-order valence-electron chi connectivity index (χ1n) is 13.1. The van der Waals surface area contributed by atoms with Crippen molar-refractivity contribution in [1.29, 1.82) is 0 Å². The summed E-state index contributed by atoms with van der Waals surface area (Å²) in [7, 11) is 1.36. The molecule has 38 heavy (non-hydrogen) atoms. The van der Waals surface area contributed by atoms with Crippen LogP contribution in [0, 0.1) is 11.8 Å². The minimum atomic E-state index is -1.54. The SMILES string of the molecule is C=C[C@@H]1[C@H](C[C@@H]2NCCn3c2cc2ccccc23)C(C(=O)OC)=CC[C@H]1OC1O[C@H](CO)[C@@H](O)[C@H](O)[C@H]1O. The van der Waals surface area contributed by atoms with Gasteiger partial charge in [0, 0.05) is 47.8 Å². The number of nitrogens with one attached hydrogen (secondary N) is 1. The molecule has 1 unspecified atom stereocenters. The predicted octanol–water partition coefficient (Wildman–Crippen LogP) is 0.782. The summed E-state index contributed by atoms with van der Waals surface area (Å²) >= 11 is 0. The van der Waals surface area contributed by atoms with E-state index in [2.05, 4.69) is 34.7 Å². The molecule has 10 nitrogen and oxygen atoms in total. The summed E-state index contributed by atoms with van der Waals surface area (Å²) < 4.78 is 19.2. The molecule has 10 heteroatoms. The average molecular weight is 529 g/mol. The van der Waals surface area contributed by atoms with Gasteiger partial charge in [-0.1, -0.05) is 30.4 Å². The van der Waals surface area contributed by atoms with Gasteiger partial charge >= 0.3 is 5.97 Å². The zero-order valence-electron chi connectivity index (χ0n) is 21.3. The number of hydrogen-bond donors (Lipinski definition) is 5. The van der Waals surface area contributed by atoms with Gasteiger partial charge in [-0.05, 0) is 30.4 Å². The molecule has 1 aromatic carbocycles. The molecule has 1 saturated heterocycles. The number of fused-ring (bicyclic) bond motifs is 3. The Morgan fingerprint density at radius 1 is 1.24 bits per heavy atom. The molecule has 1 aliphatic carbocycles. The fourth-order valence-corrected chi connectivity index (χ4v) is 6.15. The molecular formula is C28H36N2O8. The minimum Gasteiger partial charge on any atom is -0.466 e. The van der Waals surface area contributed by atoms with E-state index in [-0.39, 0.29) is 17.9 Å². The van der Waals surface area contributed by atoms with E-state index in [1.807, 2.05) is 12.1 Å². The summed E-state index contributed by atoms with van der Waals surface area (Å²) in [4.78, 5) is 12.8. The van der Waals surface area contributed by atoms with Gasteiger partial charge in [0.25, 0.3) is 0 Å². The Morgan fingerprint density at radius 2 is 2.03 bits per heavy atom. The molecular weight excluding hydrogens is 492 g/mol. The number of carbonyl (C=O) groups is 1. The topological polar surface area (TPSA) is 143 Å². The van der Waals surface area contributed by atoms with Gasteiger partial charge in [-0.25, -0.2) is 4.79 Å². The van der Waals surface area contributed by atoms with Crippen LogP contribution >= 0.6 is 0 Å². The largest absolute Gasteiger partial charge is 0.466 e. The summed E-state index contributed by atoms with van der Waals surface area (Å²) in [6.45, 7) is 5.11. The number of aliphatic hydroxyl groups excluding tert-OH is 4. The summed E-state index contributed by atoms with van der Waals surface area (Å²) in [5.74, 6) is -1.07. The van der Waals surface area contributed by atoms with E-state index in [9.17, 15) is 25.2 Å². The second kappa shape index (κ2) is 11.3. The Labute approximate surface area is 221 Å². The number of methoxy groups -OCH3 is 1. The molecule has 0 radical (unpaired) electrons. The lowest BCUT2D eigenvalue weighted by Crippen LogP contribution is -2.60. The number of para-hydroxylation sites is 1.